The summed E-state index contributed by atoms with van der Waals surface area (Å²) in [6.07, 6.45) is 2.63. The predicted molar refractivity (Wildman–Crippen MR) is 106 cm³/mol. The lowest BCUT2D eigenvalue weighted by Gasteiger charge is -2.05. The topological polar surface area (TPSA) is 194 Å². The third-order valence-corrected chi connectivity index (χ3v) is 4.36. The number of carboxylic acids is 3. The Morgan fingerprint density at radius 3 is 2.09 bits per heavy atom. The van der Waals surface area contributed by atoms with Gasteiger partial charge >= 0.3 is 23.5 Å². The third kappa shape index (κ3) is 4.33. The first-order valence-electron chi connectivity index (χ1n) is 8.82. The fourth-order valence-electron chi connectivity index (χ4n) is 2.88. The average Bonchev–Trinajstić information content (AvgIpc) is 2.73. The molecule has 0 aliphatic rings. The van der Waals surface area contributed by atoms with Crippen LogP contribution in [0.4, 0.5) is 11.4 Å². The maximum absolute atomic E-state index is 12.4. The molecule has 0 radical (unpaired) electrons. The van der Waals surface area contributed by atoms with Crippen LogP contribution in [0.5, 0.6) is 5.88 Å². The minimum Gasteiger partial charge on any atom is -0.493 e. The summed E-state index contributed by atoms with van der Waals surface area (Å²) in [5, 5.41) is 45.3. The lowest BCUT2D eigenvalue weighted by molar-refractivity contribution is -0.597. The lowest BCUT2D eigenvalue weighted by atomic mass is 10.1. The third-order valence-electron chi connectivity index (χ3n) is 4.36. The summed E-state index contributed by atoms with van der Waals surface area (Å²) >= 11 is 0. The Hall–Kier alpha value is -4.87. The van der Waals surface area contributed by atoms with Crippen LogP contribution in [-0.2, 0) is 0 Å². The zero-order valence-corrected chi connectivity index (χ0v) is 16.3. The summed E-state index contributed by atoms with van der Waals surface area (Å²) in [6, 6.07) is 5.88. The molecule has 0 spiro atoms. The van der Waals surface area contributed by atoms with Crippen LogP contribution in [0.15, 0.2) is 57.7 Å². The number of nitrogens with zero attached hydrogens (tertiary/aromatic N) is 3. The van der Waals surface area contributed by atoms with E-state index in [2.05, 4.69) is 15.2 Å². The van der Waals surface area contributed by atoms with Gasteiger partial charge in [-0.1, -0.05) is 0 Å². The van der Waals surface area contributed by atoms with E-state index in [0.717, 1.165) is 18.2 Å². The van der Waals surface area contributed by atoms with E-state index >= 15 is 0 Å². The molecule has 2 heterocycles. The minimum absolute atomic E-state index is 0.0367. The Morgan fingerprint density at radius 2 is 1.53 bits per heavy atom. The van der Waals surface area contributed by atoms with E-state index in [1.807, 2.05) is 0 Å². The van der Waals surface area contributed by atoms with E-state index in [1.165, 1.54) is 36.0 Å². The van der Waals surface area contributed by atoms with Crippen LogP contribution in [0.2, 0.25) is 0 Å². The number of aromatic amines is 1. The van der Waals surface area contributed by atoms with Crippen LogP contribution in [0.3, 0.4) is 0 Å². The molecule has 3 rings (SSSR count). The fourth-order valence-corrected chi connectivity index (χ4v) is 2.88. The number of hydrogen-bond acceptors (Lipinski definition) is 7. The van der Waals surface area contributed by atoms with Gasteiger partial charge < -0.3 is 20.4 Å². The van der Waals surface area contributed by atoms with Gasteiger partial charge in [0.2, 0.25) is 5.88 Å². The molecule has 0 unspecified atom stereocenters. The van der Waals surface area contributed by atoms with Gasteiger partial charge in [0.25, 0.3) is 5.69 Å². The number of azo groups is 1. The minimum atomic E-state index is -1.37. The number of aromatic carboxylic acids is 3. The molecule has 0 amide bonds. The molecule has 0 saturated heterocycles. The van der Waals surface area contributed by atoms with Gasteiger partial charge in [0, 0.05) is 6.07 Å². The molecule has 162 valence electrons. The van der Waals surface area contributed by atoms with Crippen LogP contribution in [-0.4, -0.2) is 43.3 Å². The quantitative estimate of drug-likeness (QED) is 0.285. The number of nitrogens with one attached hydrogen (secondary N) is 1. The molecular formula is C20H15N4O8+. The number of carbonyl (C=O) groups is 3. The first-order chi connectivity index (χ1) is 15.1. The Balaban J connectivity index is 2.14. The van der Waals surface area contributed by atoms with Gasteiger partial charge in [0.15, 0.2) is 18.1 Å². The van der Waals surface area contributed by atoms with Crippen molar-refractivity contribution in [2.75, 3.05) is 0 Å². The smallest absolute Gasteiger partial charge is 0.341 e. The summed E-state index contributed by atoms with van der Waals surface area (Å²) in [7, 11) is 0. The van der Waals surface area contributed by atoms with Gasteiger partial charge in [0.1, 0.15) is 5.56 Å². The Kier molecular flexibility index (Phi) is 5.78. The van der Waals surface area contributed by atoms with E-state index in [0.29, 0.717) is 0 Å². The van der Waals surface area contributed by atoms with Crippen LogP contribution in [0.1, 0.15) is 36.6 Å². The number of carboxylic acid groups (broad SMARTS) is 3. The lowest BCUT2D eigenvalue weighted by Crippen LogP contribution is -2.38. The Morgan fingerprint density at radius 1 is 0.938 bits per heavy atom. The Bertz CT molecular complexity index is 1330. The molecule has 0 aliphatic heterocycles. The zero-order chi connectivity index (χ0) is 23.6. The molecule has 2 aromatic heterocycles. The maximum Gasteiger partial charge on any atom is 0.341 e. The van der Waals surface area contributed by atoms with Gasteiger partial charge in [0.05, 0.1) is 22.4 Å². The largest absolute Gasteiger partial charge is 0.493 e. The van der Waals surface area contributed by atoms with E-state index in [9.17, 15) is 29.4 Å². The summed E-state index contributed by atoms with van der Waals surface area (Å²) in [6.45, 7) is 1.44. The SMILES string of the molecule is Cc1c(N=Nc2cc(C(=O)O)cc(C(=O)O)c2)c(O)[nH]c(=O)c1-[n+]1cccc(C(=O)O)c1. The highest BCUT2D eigenvalue weighted by Crippen LogP contribution is 2.31. The van der Waals surface area contributed by atoms with Gasteiger partial charge in [-0.05, 0) is 31.2 Å². The maximum atomic E-state index is 12.4. The summed E-state index contributed by atoms with van der Waals surface area (Å²) in [5.41, 5.74) is -1.69. The molecule has 3 aromatic rings. The first-order valence-corrected chi connectivity index (χ1v) is 8.82. The van der Waals surface area contributed by atoms with Gasteiger partial charge in [-0.25, -0.2) is 14.4 Å². The molecule has 5 N–H and O–H groups in total. The van der Waals surface area contributed by atoms with Gasteiger partial charge in [-0.2, -0.15) is 9.68 Å². The molecule has 12 nitrogen and oxygen atoms in total. The van der Waals surface area contributed by atoms with Crippen LogP contribution in [0, 0.1) is 6.92 Å². The standard InChI is InChI=1S/C20H14N4O8/c1-9-14(23-22-13-6-11(19(29)30)5-12(7-13)20(31)32)16(25)21-17(26)15(9)24-4-2-3-10(8-24)18(27)28/h2-8H,1H3,(H4-,21,22,25,26,27,28,29,30,31,32)/p+1. The van der Waals surface area contributed by atoms with Gasteiger partial charge in [-0.15, -0.1) is 5.11 Å². The number of rotatable bonds is 6. The number of H-pyrrole nitrogens is 1. The second-order valence-corrected chi connectivity index (χ2v) is 6.51. The number of pyridine rings is 2. The number of hydrogen-bond donors (Lipinski definition) is 5. The number of aromatic hydroxyl groups is 1. The van der Waals surface area contributed by atoms with E-state index in [4.69, 9.17) is 10.2 Å². The van der Waals surface area contributed by atoms with Crippen LogP contribution in [0.25, 0.3) is 5.69 Å². The molecule has 12 heteroatoms. The highest BCUT2D eigenvalue weighted by Gasteiger charge is 2.23. The monoisotopic (exact) mass is 439 g/mol. The van der Waals surface area contributed by atoms with Gasteiger partial charge in [-0.3, -0.25) is 9.78 Å². The second-order valence-electron chi connectivity index (χ2n) is 6.51. The first kappa shape index (κ1) is 21.8. The summed E-state index contributed by atoms with van der Waals surface area (Å²) in [4.78, 5) is 48.3. The molecule has 0 bridgehead atoms. The highest BCUT2D eigenvalue weighted by molar-refractivity contribution is 5.95. The average molecular weight is 439 g/mol. The van der Waals surface area contributed by atoms with Crippen molar-refractivity contribution in [2.24, 2.45) is 10.2 Å². The van der Waals surface area contributed by atoms with Crippen molar-refractivity contribution in [3.8, 4) is 11.6 Å². The molecule has 1 aromatic carbocycles. The van der Waals surface area contributed by atoms with E-state index < -0.39 is 29.3 Å². The van der Waals surface area contributed by atoms with E-state index in [-0.39, 0.29) is 39.3 Å². The fraction of sp³-hybridized carbons (Fsp3) is 0.0500. The Labute approximate surface area is 178 Å². The van der Waals surface area contributed by atoms with Crippen LogP contribution < -0.4 is 10.1 Å². The predicted octanol–water partition coefficient (Wildman–Crippen LogP) is 2.18. The summed E-state index contributed by atoms with van der Waals surface area (Å²) < 4.78 is 1.24. The molecule has 0 fully saturated rings. The number of aromatic nitrogens is 2. The van der Waals surface area contributed by atoms with Crippen molar-refractivity contribution < 1.29 is 39.4 Å². The van der Waals surface area contributed by atoms with Crippen molar-refractivity contribution >= 4 is 29.3 Å². The molecular weight excluding hydrogens is 424 g/mol. The van der Waals surface area contributed by atoms with Crippen molar-refractivity contribution in [1.82, 2.24) is 4.98 Å². The van der Waals surface area contributed by atoms with Crippen molar-refractivity contribution in [3.63, 3.8) is 0 Å². The second kappa shape index (κ2) is 8.47. The van der Waals surface area contributed by atoms with Crippen molar-refractivity contribution in [3.05, 3.63) is 75.3 Å². The summed E-state index contributed by atoms with van der Waals surface area (Å²) in [5.74, 6) is -4.59. The van der Waals surface area contributed by atoms with Crippen molar-refractivity contribution in [2.45, 2.75) is 6.92 Å². The van der Waals surface area contributed by atoms with Crippen molar-refractivity contribution in [1.29, 1.82) is 0 Å². The van der Waals surface area contributed by atoms with Crippen LogP contribution >= 0.6 is 0 Å². The zero-order valence-electron chi connectivity index (χ0n) is 16.3. The normalized spacial score (nSPS) is 10.9. The molecule has 0 aliphatic carbocycles. The van der Waals surface area contributed by atoms with E-state index in [1.54, 1.807) is 0 Å². The molecule has 32 heavy (non-hydrogen) atoms. The molecule has 0 atom stereocenters. The number of benzene rings is 1. The highest BCUT2D eigenvalue weighted by atomic mass is 16.4. The molecule has 0 saturated carbocycles.